The second-order valence-corrected chi connectivity index (χ2v) is 5.21. The molecule has 0 saturated heterocycles. The predicted octanol–water partition coefficient (Wildman–Crippen LogP) is 3.85. The van der Waals surface area contributed by atoms with Crippen molar-refractivity contribution in [2.24, 2.45) is 0 Å². The summed E-state index contributed by atoms with van der Waals surface area (Å²) in [4.78, 5) is 11.5. The van der Waals surface area contributed by atoms with Crippen molar-refractivity contribution in [3.8, 4) is 0 Å². The van der Waals surface area contributed by atoms with Crippen molar-refractivity contribution in [3.63, 3.8) is 0 Å². The molecule has 2 N–H and O–H groups in total. The van der Waals surface area contributed by atoms with Gasteiger partial charge in [0.1, 0.15) is 0 Å². The van der Waals surface area contributed by atoms with E-state index in [9.17, 15) is 9.90 Å². The largest absolute Gasteiger partial charge is 0.479 e. The van der Waals surface area contributed by atoms with E-state index >= 15 is 0 Å². The molecule has 2 aromatic carbocycles. The molecule has 0 fully saturated rings. The number of carbonyl (C=O) groups is 1. The van der Waals surface area contributed by atoms with Gasteiger partial charge in [0, 0.05) is 5.69 Å². The van der Waals surface area contributed by atoms with E-state index in [4.69, 9.17) is 0 Å². The van der Waals surface area contributed by atoms with Crippen molar-refractivity contribution in [1.29, 1.82) is 0 Å². The molecule has 0 heterocycles. The molecule has 0 aliphatic heterocycles. The minimum atomic E-state index is -0.880. The van der Waals surface area contributed by atoms with Crippen LogP contribution in [0.2, 0.25) is 0 Å². The fourth-order valence-corrected chi connectivity index (χ4v) is 2.36. The number of hydrogen-bond donors (Lipinski definition) is 2. The number of carboxylic acids is 1. The van der Waals surface area contributed by atoms with Gasteiger partial charge in [0.15, 0.2) is 6.04 Å². The Hall–Kier alpha value is -2.29. The van der Waals surface area contributed by atoms with Crippen LogP contribution in [0.1, 0.15) is 28.3 Å². The molecule has 104 valence electrons. The average molecular weight is 269 g/mol. The zero-order chi connectivity index (χ0) is 14.7. The molecule has 0 amide bonds. The number of aryl methyl sites for hydroxylation is 3. The lowest BCUT2D eigenvalue weighted by Crippen LogP contribution is -2.20. The first-order chi connectivity index (χ1) is 9.45. The summed E-state index contributed by atoms with van der Waals surface area (Å²) in [6, 6.07) is 12.8. The average Bonchev–Trinajstić information content (AvgIpc) is 2.34. The van der Waals surface area contributed by atoms with Crippen LogP contribution in [-0.2, 0) is 4.79 Å². The minimum Gasteiger partial charge on any atom is -0.479 e. The Morgan fingerprint density at radius 2 is 1.65 bits per heavy atom. The first-order valence-corrected chi connectivity index (χ1v) is 6.60. The van der Waals surface area contributed by atoms with Gasteiger partial charge in [-0.1, -0.05) is 35.9 Å². The van der Waals surface area contributed by atoms with Gasteiger partial charge < -0.3 is 10.4 Å². The summed E-state index contributed by atoms with van der Waals surface area (Å²) in [5.74, 6) is -0.880. The highest BCUT2D eigenvalue weighted by Gasteiger charge is 2.19. The van der Waals surface area contributed by atoms with Crippen molar-refractivity contribution >= 4 is 11.7 Å². The van der Waals surface area contributed by atoms with Crippen molar-refractivity contribution < 1.29 is 9.90 Å². The van der Waals surface area contributed by atoms with Crippen LogP contribution in [0, 0.1) is 20.8 Å². The third-order valence-corrected chi connectivity index (χ3v) is 3.16. The smallest absolute Gasteiger partial charge is 0.330 e. The molecule has 3 nitrogen and oxygen atoms in total. The van der Waals surface area contributed by atoms with Crippen molar-refractivity contribution in [3.05, 3.63) is 64.7 Å². The first kappa shape index (κ1) is 14.1. The number of nitrogens with one attached hydrogen (secondary N) is 1. The summed E-state index contributed by atoms with van der Waals surface area (Å²) in [7, 11) is 0. The molecule has 0 aliphatic rings. The Labute approximate surface area is 119 Å². The molecular formula is C17H19NO2. The zero-order valence-electron chi connectivity index (χ0n) is 12.0. The fourth-order valence-electron chi connectivity index (χ4n) is 2.36. The van der Waals surface area contributed by atoms with Crippen LogP contribution in [0.15, 0.2) is 42.5 Å². The molecule has 0 spiro atoms. The first-order valence-electron chi connectivity index (χ1n) is 6.60. The van der Waals surface area contributed by atoms with Gasteiger partial charge in [-0.3, -0.25) is 0 Å². The Morgan fingerprint density at radius 1 is 1.00 bits per heavy atom. The molecule has 2 aromatic rings. The molecule has 3 heteroatoms. The SMILES string of the molecule is Cc1cc(C)cc(NC(C(=O)O)c2cccc(C)c2)c1. The van der Waals surface area contributed by atoms with Crippen LogP contribution in [-0.4, -0.2) is 11.1 Å². The van der Waals surface area contributed by atoms with Gasteiger partial charge in [0.2, 0.25) is 0 Å². The summed E-state index contributed by atoms with van der Waals surface area (Å²) in [5.41, 5.74) is 4.87. The quantitative estimate of drug-likeness (QED) is 0.886. The number of anilines is 1. The van der Waals surface area contributed by atoms with E-state index in [0.29, 0.717) is 0 Å². The molecule has 20 heavy (non-hydrogen) atoms. The Balaban J connectivity index is 2.33. The van der Waals surface area contributed by atoms with Gasteiger partial charge in [-0.2, -0.15) is 0 Å². The van der Waals surface area contributed by atoms with Crippen LogP contribution in [0.25, 0.3) is 0 Å². The van der Waals surface area contributed by atoms with E-state index in [1.54, 1.807) is 0 Å². The van der Waals surface area contributed by atoms with Crippen LogP contribution in [0.5, 0.6) is 0 Å². The lowest BCUT2D eigenvalue weighted by Gasteiger charge is -2.17. The molecule has 0 radical (unpaired) electrons. The lowest BCUT2D eigenvalue weighted by molar-refractivity contribution is -0.138. The van der Waals surface area contributed by atoms with E-state index < -0.39 is 12.0 Å². The Bertz CT molecular complexity index is 614. The Morgan fingerprint density at radius 3 is 2.20 bits per heavy atom. The van der Waals surface area contributed by atoms with Crippen LogP contribution < -0.4 is 5.32 Å². The highest BCUT2D eigenvalue weighted by atomic mass is 16.4. The van der Waals surface area contributed by atoms with Crippen molar-refractivity contribution in [1.82, 2.24) is 0 Å². The normalized spacial score (nSPS) is 11.9. The topological polar surface area (TPSA) is 49.3 Å². The zero-order valence-corrected chi connectivity index (χ0v) is 12.0. The van der Waals surface area contributed by atoms with Gasteiger partial charge in [0.25, 0.3) is 0 Å². The summed E-state index contributed by atoms with van der Waals surface area (Å²) in [5, 5.41) is 12.6. The number of aliphatic carboxylic acids is 1. The third kappa shape index (κ3) is 3.38. The molecule has 1 atom stereocenters. The van der Waals surface area contributed by atoms with Gasteiger partial charge in [-0.05, 0) is 49.6 Å². The second kappa shape index (κ2) is 5.78. The highest BCUT2D eigenvalue weighted by molar-refractivity contribution is 5.79. The Kier molecular flexibility index (Phi) is 4.08. The molecular weight excluding hydrogens is 250 g/mol. The van der Waals surface area contributed by atoms with E-state index in [1.807, 2.05) is 57.2 Å². The van der Waals surface area contributed by atoms with Gasteiger partial charge in [-0.25, -0.2) is 4.79 Å². The molecule has 2 rings (SSSR count). The molecule has 1 unspecified atom stereocenters. The number of carboxylic acid groups (broad SMARTS) is 1. The molecule has 0 bridgehead atoms. The second-order valence-electron chi connectivity index (χ2n) is 5.21. The van der Waals surface area contributed by atoms with Crippen molar-refractivity contribution in [2.45, 2.75) is 26.8 Å². The van der Waals surface area contributed by atoms with E-state index in [2.05, 4.69) is 11.4 Å². The third-order valence-electron chi connectivity index (χ3n) is 3.16. The van der Waals surface area contributed by atoms with E-state index in [0.717, 1.165) is 27.9 Å². The number of hydrogen-bond acceptors (Lipinski definition) is 2. The van der Waals surface area contributed by atoms with Crippen LogP contribution >= 0.6 is 0 Å². The fraction of sp³-hybridized carbons (Fsp3) is 0.235. The molecule has 0 aromatic heterocycles. The number of rotatable bonds is 4. The van der Waals surface area contributed by atoms with Gasteiger partial charge >= 0.3 is 5.97 Å². The molecule has 0 saturated carbocycles. The van der Waals surface area contributed by atoms with Crippen LogP contribution in [0.3, 0.4) is 0 Å². The molecule has 0 aliphatic carbocycles. The maximum absolute atomic E-state index is 11.5. The lowest BCUT2D eigenvalue weighted by atomic mass is 10.0. The monoisotopic (exact) mass is 269 g/mol. The summed E-state index contributed by atoms with van der Waals surface area (Å²) in [6.07, 6.45) is 0. The van der Waals surface area contributed by atoms with Crippen LogP contribution in [0.4, 0.5) is 5.69 Å². The maximum Gasteiger partial charge on any atom is 0.330 e. The minimum absolute atomic E-state index is 0.740. The van der Waals surface area contributed by atoms with E-state index in [-0.39, 0.29) is 0 Å². The summed E-state index contributed by atoms with van der Waals surface area (Å²) in [6.45, 7) is 5.96. The summed E-state index contributed by atoms with van der Waals surface area (Å²) >= 11 is 0. The van der Waals surface area contributed by atoms with Gasteiger partial charge in [0.05, 0.1) is 0 Å². The summed E-state index contributed by atoms with van der Waals surface area (Å²) < 4.78 is 0. The number of benzene rings is 2. The highest BCUT2D eigenvalue weighted by Crippen LogP contribution is 2.22. The van der Waals surface area contributed by atoms with Gasteiger partial charge in [-0.15, -0.1) is 0 Å². The predicted molar refractivity (Wildman–Crippen MR) is 81.1 cm³/mol. The van der Waals surface area contributed by atoms with E-state index in [1.165, 1.54) is 0 Å². The van der Waals surface area contributed by atoms with Crippen molar-refractivity contribution in [2.75, 3.05) is 5.32 Å². The maximum atomic E-state index is 11.5. The standard InChI is InChI=1S/C17H19NO2/c1-11-5-4-6-14(8-11)16(17(19)20)18-15-9-12(2)7-13(3)10-15/h4-10,16,18H,1-3H3,(H,19,20).